The normalized spacial score (nSPS) is 24.3. The predicted molar refractivity (Wildman–Crippen MR) is 61.5 cm³/mol. The molecule has 0 radical (unpaired) electrons. The van der Waals surface area contributed by atoms with Gasteiger partial charge in [0.15, 0.2) is 0 Å². The Morgan fingerprint density at radius 1 is 1.60 bits per heavy atom. The fourth-order valence-electron chi connectivity index (χ4n) is 2.12. The van der Waals surface area contributed by atoms with Gasteiger partial charge in [-0.15, -0.1) is 0 Å². The van der Waals surface area contributed by atoms with Crippen molar-refractivity contribution < 1.29 is 9.53 Å². The number of ether oxygens (including phenoxy) is 1. The summed E-state index contributed by atoms with van der Waals surface area (Å²) in [6.45, 7) is 11.7. The molecule has 0 aromatic carbocycles. The third-order valence-corrected chi connectivity index (χ3v) is 2.59. The summed E-state index contributed by atoms with van der Waals surface area (Å²) < 4.78 is 5.34. The second-order valence-electron chi connectivity index (χ2n) is 5.28. The Morgan fingerprint density at radius 3 is 2.67 bits per heavy atom. The lowest BCUT2D eigenvalue weighted by Crippen LogP contribution is -2.28. The van der Waals surface area contributed by atoms with Crippen LogP contribution in [-0.2, 0) is 9.53 Å². The Hall–Kier alpha value is -1.05. The quantitative estimate of drug-likeness (QED) is 0.395. The molecule has 0 amide bonds. The average molecular weight is 208 g/mol. The Kier molecular flexibility index (Phi) is 3.38. The highest BCUT2D eigenvalue weighted by atomic mass is 16.5. The maximum absolute atomic E-state index is 11.4. The number of carbonyl (C=O) groups excluding carboxylic acids is 1. The van der Waals surface area contributed by atoms with Crippen molar-refractivity contribution in [3.8, 4) is 0 Å². The summed E-state index contributed by atoms with van der Waals surface area (Å²) in [7, 11) is 0. The van der Waals surface area contributed by atoms with Crippen LogP contribution in [-0.4, -0.2) is 12.1 Å². The first-order valence-corrected chi connectivity index (χ1v) is 5.34. The molecule has 0 heterocycles. The van der Waals surface area contributed by atoms with Crippen LogP contribution < -0.4 is 0 Å². The number of rotatable bonds is 2. The zero-order chi connectivity index (χ0) is 11.6. The van der Waals surface area contributed by atoms with Crippen LogP contribution in [0.15, 0.2) is 23.8 Å². The van der Waals surface area contributed by atoms with E-state index < -0.39 is 0 Å². The maximum atomic E-state index is 11.4. The van der Waals surface area contributed by atoms with E-state index in [9.17, 15) is 4.79 Å². The molecular formula is C13H20O2. The second-order valence-corrected chi connectivity index (χ2v) is 5.28. The van der Waals surface area contributed by atoms with E-state index in [0.717, 1.165) is 12.8 Å². The Bertz CT molecular complexity index is 310. The standard InChI is InChI=1S/C13H20O2/c1-9(2)12(14)15-11-6-10(3)7-13(4,5)8-11/h6,11H,1,7-8H2,2-5H3. The number of allylic oxidation sites excluding steroid dienone is 1. The molecule has 0 saturated heterocycles. The number of hydrogen-bond donors (Lipinski definition) is 0. The molecule has 0 aliphatic heterocycles. The molecule has 0 aromatic rings. The van der Waals surface area contributed by atoms with Gasteiger partial charge < -0.3 is 4.74 Å². The maximum Gasteiger partial charge on any atom is 0.333 e. The topological polar surface area (TPSA) is 26.3 Å². The van der Waals surface area contributed by atoms with Gasteiger partial charge in [0, 0.05) is 5.57 Å². The second kappa shape index (κ2) is 4.21. The molecule has 0 saturated carbocycles. The van der Waals surface area contributed by atoms with Crippen LogP contribution in [0.2, 0.25) is 0 Å². The average Bonchev–Trinajstić information content (AvgIpc) is 1.99. The van der Waals surface area contributed by atoms with Crippen molar-refractivity contribution >= 4 is 5.97 Å². The van der Waals surface area contributed by atoms with Gasteiger partial charge >= 0.3 is 5.97 Å². The zero-order valence-electron chi connectivity index (χ0n) is 10.1. The van der Waals surface area contributed by atoms with Crippen molar-refractivity contribution in [3.05, 3.63) is 23.8 Å². The highest BCUT2D eigenvalue weighted by Crippen LogP contribution is 2.36. The lowest BCUT2D eigenvalue weighted by atomic mass is 9.76. The van der Waals surface area contributed by atoms with Crippen LogP contribution in [0.25, 0.3) is 0 Å². The van der Waals surface area contributed by atoms with Crippen molar-refractivity contribution in [2.24, 2.45) is 5.41 Å². The fourth-order valence-corrected chi connectivity index (χ4v) is 2.12. The number of hydrogen-bond acceptors (Lipinski definition) is 2. The predicted octanol–water partition coefficient (Wildman–Crippen LogP) is 3.24. The molecule has 1 rings (SSSR count). The third kappa shape index (κ3) is 3.54. The van der Waals surface area contributed by atoms with Crippen LogP contribution in [0, 0.1) is 5.41 Å². The van der Waals surface area contributed by atoms with Gasteiger partial charge in [-0.25, -0.2) is 4.79 Å². The molecule has 0 spiro atoms. The first-order valence-electron chi connectivity index (χ1n) is 5.34. The highest BCUT2D eigenvalue weighted by Gasteiger charge is 2.29. The molecule has 0 bridgehead atoms. The summed E-state index contributed by atoms with van der Waals surface area (Å²) in [6.07, 6.45) is 3.93. The van der Waals surface area contributed by atoms with E-state index >= 15 is 0 Å². The molecular weight excluding hydrogens is 188 g/mol. The Balaban J connectivity index is 2.68. The fraction of sp³-hybridized carbons (Fsp3) is 0.615. The molecule has 1 aliphatic carbocycles. The first kappa shape index (κ1) is 12.0. The molecule has 0 fully saturated rings. The van der Waals surface area contributed by atoms with Gasteiger partial charge in [-0.2, -0.15) is 0 Å². The van der Waals surface area contributed by atoms with Crippen molar-refractivity contribution in [3.63, 3.8) is 0 Å². The van der Waals surface area contributed by atoms with Crippen molar-refractivity contribution in [1.29, 1.82) is 0 Å². The van der Waals surface area contributed by atoms with Gasteiger partial charge in [0.05, 0.1) is 0 Å². The Labute approximate surface area is 92.0 Å². The van der Waals surface area contributed by atoms with E-state index in [1.54, 1.807) is 6.92 Å². The van der Waals surface area contributed by atoms with E-state index in [-0.39, 0.29) is 17.5 Å². The smallest absolute Gasteiger partial charge is 0.333 e. The van der Waals surface area contributed by atoms with Crippen LogP contribution in [0.3, 0.4) is 0 Å². The van der Waals surface area contributed by atoms with Gasteiger partial charge in [-0.3, -0.25) is 0 Å². The van der Waals surface area contributed by atoms with E-state index in [4.69, 9.17) is 4.74 Å². The minimum Gasteiger partial charge on any atom is -0.455 e. The lowest BCUT2D eigenvalue weighted by Gasteiger charge is -2.33. The summed E-state index contributed by atoms with van der Waals surface area (Å²) in [5, 5.41) is 0. The van der Waals surface area contributed by atoms with Gasteiger partial charge in [0.25, 0.3) is 0 Å². The molecule has 0 aromatic heterocycles. The summed E-state index contributed by atoms with van der Waals surface area (Å²) >= 11 is 0. The molecule has 15 heavy (non-hydrogen) atoms. The molecule has 1 atom stereocenters. The van der Waals surface area contributed by atoms with Gasteiger partial charge in [0.1, 0.15) is 6.10 Å². The van der Waals surface area contributed by atoms with Crippen LogP contribution in [0.1, 0.15) is 40.5 Å². The van der Waals surface area contributed by atoms with Gasteiger partial charge in [-0.05, 0) is 38.2 Å². The van der Waals surface area contributed by atoms with Gasteiger partial charge in [0.2, 0.25) is 0 Å². The van der Waals surface area contributed by atoms with Crippen molar-refractivity contribution in [2.75, 3.05) is 0 Å². The van der Waals surface area contributed by atoms with E-state index in [0.29, 0.717) is 5.57 Å². The zero-order valence-corrected chi connectivity index (χ0v) is 10.1. The minimum absolute atomic E-state index is 0.0852. The molecule has 84 valence electrons. The third-order valence-electron chi connectivity index (χ3n) is 2.59. The van der Waals surface area contributed by atoms with Crippen LogP contribution in [0.5, 0.6) is 0 Å². The molecule has 2 heteroatoms. The lowest BCUT2D eigenvalue weighted by molar-refractivity contribution is -0.143. The van der Waals surface area contributed by atoms with E-state index in [1.807, 2.05) is 6.08 Å². The summed E-state index contributed by atoms with van der Waals surface area (Å²) in [6, 6.07) is 0. The summed E-state index contributed by atoms with van der Waals surface area (Å²) in [4.78, 5) is 11.4. The first-order chi connectivity index (χ1) is 6.80. The van der Waals surface area contributed by atoms with Crippen LogP contribution >= 0.6 is 0 Å². The molecule has 0 N–H and O–H groups in total. The number of carbonyl (C=O) groups is 1. The van der Waals surface area contributed by atoms with Gasteiger partial charge in [-0.1, -0.05) is 26.0 Å². The van der Waals surface area contributed by atoms with Crippen molar-refractivity contribution in [2.45, 2.75) is 46.6 Å². The molecule has 2 nitrogen and oxygen atoms in total. The summed E-state index contributed by atoms with van der Waals surface area (Å²) in [5.74, 6) is -0.290. The monoisotopic (exact) mass is 208 g/mol. The highest BCUT2D eigenvalue weighted by molar-refractivity contribution is 5.87. The van der Waals surface area contributed by atoms with Crippen LogP contribution in [0.4, 0.5) is 0 Å². The summed E-state index contributed by atoms with van der Waals surface area (Å²) in [5.41, 5.74) is 1.98. The SMILES string of the molecule is C=C(C)C(=O)OC1C=C(C)CC(C)(C)C1. The minimum atomic E-state index is -0.290. The van der Waals surface area contributed by atoms with E-state index in [1.165, 1.54) is 5.57 Å². The Morgan fingerprint density at radius 2 is 2.20 bits per heavy atom. The van der Waals surface area contributed by atoms with Crippen molar-refractivity contribution in [1.82, 2.24) is 0 Å². The van der Waals surface area contributed by atoms with E-state index in [2.05, 4.69) is 27.4 Å². The molecule has 1 unspecified atom stereocenters. The molecule has 1 aliphatic rings. The largest absolute Gasteiger partial charge is 0.455 e. The number of esters is 1.